The van der Waals surface area contributed by atoms with Gasteiger partial charge in [-0.1, -0.05) is 20.8 Å². The standard InChI is InChI=1S/C14H20F2N2O/c1-14(2,3)7-12(17)8-18-13(19)9-4-10(15)6-11(16)5-9/h4-6,12H,7-8,17H2,1-3H3,(H,18,19). The van der Waals surface area contributed by atoms with Gasteiger partial charge in [-0.15, -0.1) is 0 Å². The molecule has 0 saturated heterocycles. The van der Waals surface area contributed by atoms with Crippen molar-refractivity contribution in [2.75, 3.05) is 6.54 Å². The summed E-state index contributed by atoms with van der Waals surface area (Å²) < 4.78 is 25.9. The Kier molecular flexibility index (Phi) is 5.00. The van der Waals surface area contributed by atoms with E-state index < -0.39 is 17.5 Å². The van der Waals surface area contributed by atoms with Crippen molar-refractivity contribution in [1.29, 1.82) is 0 Å². The van der Waals surface area contributed by atoms with Crippen molar-refractivity contribution in [3.63, 3.8) is 0 Å². The average Bonchev–Trinajstić information content (AvgIpc) is 2.22. The number of benzene rings is 1. The molecule has 19 heavy (non-hydrogen) atoms. The summed E-state index contributed by atoms with van der Waals surface area (Å²) in [7, 11) is 0. The summed E-state index contributed by atoms with van der Waals surface area (Å²) in [5.41, 5.74) is 5.91. The first kappa shape index (κ1) is 15.6. The van der Waals surface area contributed by atoms with E-state index in [2.05, 4.69) is 26.1 Å². The molecular formula is C14H20F2N2O. The van der Waals surface area contributed by atoms with Gasteiger partial charge in [0.2, 0.25) is 0 Å². The molecule has 0 aliphatic carbocycles. The van der Waals surface area contributed by atoms with E-state index in [9.17, 15) is 13.6 Å². The minimum absolute atomic E-state index is 0.0412. The Labute approximate surface area is 112 Å². The maximum atomic E-state index is 13.0. The maximum Gasteiger partial charge on any atom is 0.251 e. The second kappa shape index (κ2) is 6.10. The van der Waals surface area contributed by atoms with Crippen LogP contribution in [0.25, 0.3) is 0 Å². The maximum absolute atomic E-state index is 13.0. The van der Waals surface area contributed by atoms with Crippen LogP contribution < -0.4 is 11.1 Å². The molecule has 1 atom stereocenters. The van der Waals surface area contributed by atoms with Crippen LogP contribution in [0.4, 0.5) is 8.78 Å². The predicted molar refractivity (Wildman–Crippen MR) is 70.7 cm³/mol. The smallest absolute Gasteiger partial charge is 0.251 e. The zero-order valence-corrected chi connectivity index (χ0v) is 11.5. The van der Waals surface area contributed by atoms with Crippen LogP contribution in [0.2, 0.25) is 0 Å². The van der Waals surface area contributed by atoms with Crippen LogP contribution >= 0.6 is 0 Å². The highest BCUT2D eigenvalue weighted by atomic mass is 19.1. The fraction of sp³-hybridized carbons (Fsp3) is 0.500. The Morgan fingerprint density at radius 2 is 1.79 bits per heavy atom. The minimum Gasteiger partial charge on any atom is -0.350 e. The number of carbonyl (C=O) groups excluding carboxylic acids is 1. The van der Waals surface area contributed by atoms with Gasteiger partial charge in [-0.05, 0) is 24.0 Å². The Bertz CT molecular complexity index is 435. The lowest BCUT2D eigenvalue weighted by molar-refractivity contribution is 0.0947. The summed E-state index contributed by atoms with van der Waals surface area (Å²) >= 11 is 0. The molecule has 0 bridgehead atoms. The highest BCUT2D eigenvalue weighted by molar-refractivity contribution is 5.94. The SMILES string of the molecule is CC(C)(C)CC(N)CNC(=O)c1cc(F)cc(F)c1. The molecule has 3 N–H and O–H groups in total. The van der Waals surface area contributed by atoms with Gasteiger partial charge in [0.05, 0.1) is 0 Å². The number of amides is 1. The van der Waals surface area contributed by atoms with Gasteiger partial charge in [-0.25, -0.2) is 8.78 Å². The van der Waals surface area contributed by atoms with E-state index in [4.69, 9.17) is 5.73 Å². The highest BCUT2D eigenvalue weighted by Crippen LogP contribution is 2.19. The highest BCUT2D eigenvalue weighted by Gasteiger charge is 2.17. The Balaban J connectivity index is 2.56. The summed E-state index contributed by atoms with van der Waals surface area (Å²) in [5, 5.41) is 2.58. The minimum atomic E-state index is -0.774. The van der Waals surface area contributed by atoms with Gasteiger partial charge in [0, 0.05) is 24.2 Å². The summed E-state index contributed by atoms with van der Waals surface area (Å²) in [6, 6.07) is 2.52. The number of rotatable bonds is 4. The molecule has 1 amide bonds. The third-order valence-corrected chi connectivity index (χ3v) is 2.52. The molecule has 0 aliphatic heterocycles. The zero-order valence-electron chi connectivity index (χ0n) is 11.5. The summed E-state index contributed by atoms with van der Waals surface area (Å²) in [6.07, 6.45) is 0.741. The fourth-order valence-corrected chi connectivity index (χ4v) is 1.87. The van der Waals surface area contributed by atoms with Crippen LogP contribution in [-0.2, 0) is 0 Å². The van der Waals surface area contributed by atoms with Crippen LogP contribution in [0.5, 0.6) is 0 Å². The van der Waals surface area contributed by atoms with Gasteiger partial charge in [0.15, 0.2) is 0 Å². The topological polar surface area (TPSA) is 55.1 Å². The van der Waals surface area contributed by atoms with Gasteiger partial charge in [0.1, 0.15) is 11.6 Å². The quantitative estimate of drug-likeness (QED) is 0.883. The van der Waals surface area contributed by atoms with E-state index >= 15 is 0 Å². The van der Waals surface area contributed by atoms with E-state index in [0.29, 0.717) is 0 Å². The Morgan fingerprint density at radius 1 is 1.26 bits per heavy atom. The molecule has 106 valence electrons. The lowest BCUT2D eigenvalue weighted by Gasteiger charge is -2.23. The summed E-state index contributed by atoms with van der Waals surface area (Å²) in [4.78, 5) is 11.7. The molecule has 1 aromatic rings. The molecule has 0 spiro atoms. The molecule has 0 radical (unpaired) electrons. The predicted octanol–water partition coefficient (Wildman–Crippen LogP) is 2.46. The van der Waals surface area contributed by atoms with Crippen molar-refractivity contribution in [3.05, 3.63) is 35.4 Å². The van der Waals surface area contributed by atoms with Gasteiger partial charge in [-0.3, -0.25) is 4.79 Å². The Morgan fingerprint density at radius 3 is 2.26 bits per heavy atom. The number of hydrogen-bond donors (Lipinski definition) is 2. The number of carbonyl (C=O) groups is 1. The lowest BCUT2D eigenvalue weighted by atomic mass is 9.88. The van der Waals surface area contributed by atoms with Crippen LogP contribution in [0.3, 0.4) is 0 Å². The molecule has 3 nitrogen and oxygen atoms in total. The largest absolute Gasteiger partial charge is 0.350 e. The van der Waals surface area contributed by atoms with E-state index in [-0.39, 0.29) is 23.6 Å². The van der Waals surface area contributed by atoms with E-state index in [1.165, 1.54) is 0 Å². The van der Waals surface area contributed by atoms with Crippen LogP contribution in [0.15, 0.2) is 18.2 Å². The van der Waals surface area contributed by atoms with Crippen molar-refractivity contribution in [2.45, 2.75) is 33.2 Å². The molecule has 1 aromatic carbocycles. The second-order valence-corrected chi connectivity index (χ2v) is 5.89. The summed E-state index contributed by atoms with van der Waals surface area (Å²) in [6.45, 7) is 6.43. The number of nitrogens with one attached hydrogen (secondary N) is 1. The molecule has 0 heterocycles. The molecule has 5 heteroatoms. The zero-order chi connectivity index (χ0) is 14.6. The van der Waals surface area contributed by atoms with E-state index in [1.807, 2.05) is 0 Å². The van der Waals surface area contributed by atoms with Crippen LogP contribution in [0.1, 0.15) is 37.6 Å². The number of nitrogens with two attached hydrogens (primary N) is 1. The number of halogens is 2. The monoisotopic (exact) mass is 270 g/mol. The van der Waals surface area contributed by atoms with Crippen LogP contribution in [0, 0.1) is 17.0 Å². The van der Waals surface area contributed by atoms with Crippen LogP contribution in [-0.4, -0.2) is 18.5 Å². The molecule has 1 rings (SSSR count). The Hall–Kier alpha value is -1.49. The molecule has 0 aromatic heterocycles. The van der Waals surface area contributed by atoms with Crippen molar-refractivity contribution in [1.82, 2.24) is 5.32 Å². The van der Waals surface area contributed by atoms with E-state index in [1.54, 1.807) is 0 Å². The molecular weight excluding hydrogens is 250 g/mol. The van der Waals surface area contributed by atoms with Gasteiger partial charge in [-0.2, -0.15) is 0 Å². The lowest BCUT2D eigenvalue weighted by Crippen LogP contribution is -2.39. The average molecular weight is 270 g/mol. The first-order valence-corrected chi connectivity index (χ1v) is 6.17. The van der Waals surface area contributed by atoms with Crippen molar-refractivity contribution in [2.24, 2.45) is 11.1 Å². The first-order valence-electron chi connectivity index (χ1n) is 6.17. The fourth-order valence-electron chi connectivity index (χ4n) is 1.87. The molecule has 0 saturated carbocycles. The third-order valence-electron chi connectivity index (χ3n) is 2.52. The van der Waals surface area contributed by atoms with Crippen molar-refractivity contribution < 1.29 is 13.6 Å². The van der Waals surface area contributed by atoms with E-state index in [0.717, 1.165) is 24.6 Å². The van der Waals surface area contributed by atoms with Gasteiger partial charge < -0.3 is 11.1 Å². The molecule has 0 aliphatic rings. The van der Waals surface area contributed by atoms with Gasteiger partial charge >= 0.3 is 0 Å². The third kappa shape index (κ3) is 5.79. The molecule has 0 fully saturated rings. The first-order chi connectivity index (χ1) is 8.67. The van der Waals surface area contributed by atoms with Gasteiger partial charge in [0.25, 0.3) is 5.91 Å². The summed E-state index contributed by atoms with van der Waals surface area (Å²) in [5.74, 6) is -2.07. The number of hydrogen-bond acceptors (Lipinski definition) is 2. The van der Waals surface area contributed by atoms with Crippen molar-refractivity contribution >= 4 is 5.91 Å². The van der Waals surface area contributed by atoms with Crippen molar-refractivity contribution in [3.8, 4) is 0 Å². The second-order valence-electron chi connectivity index (χ2n) is 5.89. The normalized spacial score (nSPS) is 13.2. The molecule has 1 unspecified atom stereocenters.